The van der Waals surface area contributed by atoms with E-state index < -0.39 is 0 Å². The number of aromatic amines is 1. The molecule has 28 heavy (non-hydrogen) atoms. The highest BCUT2D eigenvalue weighted by atomic mass is 16.3. The van der Waals surface area contributed by atoms with Crippen LogP contribution in [0.4, 0.5) is 0 Å². The number of H-pyrrole nitrogens is 1. The molecular weight excluding hydrogens is 342 g/mol. The molecule has 4 saturated carbocycles. The largest absolute Gasteiger partial charge is 0.508 e. The van der Waals surface area contributed by atoms with Gasteiger partial charge in [0.25, 0.3) is 0 Å². The molecule has 0 aliphatic heterocycles. The van der Waals surface area contributed by atoms with Crippen molar-refractivity contribution in [3.63, 3.8) is 0 Å². The third-order valence-electron chi connectivity index (χ3n) is 8.04. The first-order chi connectivity index (χ1) is 13.6. The summed E-state index contributed by atoms with van der Waals surface area (Å²) in [7, 11) is 0. The normalized spacial score (nSPS) is 31.0. The predicted molar refractivity (Wildman–Crippen MR) is 114 cm³/mol. The van der Waals surface area contributed by atoms with Gasteiger partial charge in [0.2, 0.25) is 0 Å². The van der Waals surface area contributed by atoms with Crippen molar-refractivity contribution in [1.29, 1.82) is 0 Å². The van der Waals surface area contributed by atoms with Crippen LogP contribution in [0.15, 0.2) is 42.5 Å². The number of fused-ring (bicyclic) bond motifs is 1. The highest BCUT2D eigenvalue weighted by Crippen LogP contribution is 2.61. The van der Waals surface area contributed by atoms with Crippen molar-refractivity contribution < 1.29 is 5.11 Å². The Balaban J connectivity index is 1.52. The van der Waals surface area contributed by atoms with Crippen LogP contribution in [0.3, 0.4) is 0 Å². The molecule has 0 spiro atoms. The minimum atomic E-state index is 0.347. The zero-order chi connectivity index (χ0) is 18.9. The van der Waals surface area contributed by atoms with Gasteiger partial charge in [-0.2, -0.15) is 0 Å². The average molecular weight is 372 g/mol. The summed E-state index contributed by atoms with van der Waals surface area (Å²) >= 11 is 0. The van der Waals surface area contributed by atoms with E-state index in [0.29, 0.717) is 11.2 Å². The number of nitrogens with one attached hydrogen (secondary N) is 1. The lowest BCUT2D eigenvalue weighted by Crippen LogP contribution is -2.49. The molecular formula is C26H29NO. The van der Waals surface area contributed by atoms with Gasteiger partial charge in [-0.3, -0.25) is 0 Å². The molecule has 2 heteroatoms. The molecule has 4 fully saturated rings. The number of phenols is 1. The van der Waals surface area contributed by atoms with E-state index in [4.69, 9.17) is 0 Å². The van der Waals surface area contributed by atoms with E-state index in [0.717, 1.165) is 24.2 Å². The topological polar surface area (TPSA) is 36.0 Å². The fraction of sp³-hybridized carbons (Fsp3) is 0.462. The first-order valence-electron chi connectivity index (χ1n) is 11.0. The first-order valence-corrected chi connectivity index (χ1v) is 11.0. The van der Waals surface area contributed by atoms with Crippen molar-refractivity contribution in [1.82, 2.24) is 4.98 Å². The minimum absolute atomic E-state index is 0.347. The Morgan fingerprint density at radius 3 is 2.21 bits per heavy atom. The third kappa shape index (κ3) is 2.46. The van der Waals surface area contributed by atoms with Gasteiger partial charge in [-0.05, 0) is 98.4 Å². The van der Waals surface area contributed by atoms with E-state index in [1.54, 1.807) is 5.69 Å². The van der Waals surface area contributed by atoms with Crippen molar-refractivity contribution in [3.05, 3.63) is 64.8 Å². The summed E-state index contributed by atoms with van der Waals surface area (Å²) < 4.78 is 0. The van der Waals surface area contributed by atoms with Crippen molar-refractivity contribution in [3.8, 4) is 5.75 Å². The van der Waals surface area contributed by atoms with Crippen LogP contribution in [0.1, 0.15) is 60.9 Å². The molecule has 1 heterocycles. The van der Waals surface area contributed by atoms with Crippen LogP contribution >= 0.6 is 0 Å². The van der Waals surface area contributed by atoms with Gasteiger partial charge in [0.1, 0.15) is 5.75 Å². The maximum absolute atomic E-state index is 9.69. The monoisotopic (exact) mass is 371 g/mol. The van der Waals surface area contributed by atoms with Crippen LogP contribution in [0.25, 0.3) is 10.9 Å². The fourth-order valence-electron chi connectivity index (χ4n) is 7.29. The summed E-state index contributed by atoms with van der Waals surface area (Å²) in [6, 6.07) is 14.5. The Hall–Kier alpha value is -2.22. The third-order valence-corrected chi connectivity index (χ3v) is 8.04. The molecule has 0 saturated heterocycles. The van der Waals surface area contributed by atoms with Gasteiger partial charge in [-0.25, -0.2) is 0 Å². The van der Waals surface area contributed by atoms with E-state index in [9.17, 15) is 5.11 Å². The highest BCUT2D eigenvalue weighted by molar-refractivity contribution is 5.88. The molecule has 4 bridgehead atoms. The number of phenolic OH excluding ortho intramolecular Hbond substituents is 1. The van der Waals surface area contributed by atoms with Crippen molar-refractivity contribution in [2.24, 2.45) is 17.8 Å². The molecule has 0 unspecified atom stereocenters. The van der Waals surface area contributed by atoms with E-state index in [1.165, 1.54) is 66.1 Å². The second-order valence-corrected chi connectivity index (χ2v) is 10.0. The number of hydrogen-bond donors (Lipinski definition) is 2. The Labute approximate surface area is 167 Å². The van der Waals surface area contributed by atoms with Gasteiger partial charge < -0.3 is 10.1 Å². The SMILES string of the molecule is Cc1cccc2c(Cc3ccc(O)cc3)c(C34CC5CC(CC(C5)C3)C4)[nH]c12. The van der Waals surface area contributed by atoms with Gasteiger partial charge in [0.05, 0.1) is 0 Å². The van der Waals surface area contributed by atoms with E-state index in [-0.39, 0.29) is 0 Å². The quantitative estimate of drug-likeness (QED) is 0.561. The molecule has 1 aromatic heterocycles. The maximum Gasteiger partial charge on any atom is 0.115 e. The van der Waals surface area contributed by atoms with E-state index in [1.807, 2.05) is 12.1 Å². The summed E-state index contributed by atoms with van der Waals surface area (Å²) in [5.41, 5.74) is 7.39. The molecule has 0 radical (unpaired) electrons. The Kier molecular flexibility index (Phi) is 3.51. The molecule has 2 N–H and O–H groups in total. The minimum Gasteiger partial charge on any atom is -0.508 e. The molecule has 2 nitrogen and oxygen atoms in total. The molecule has 0 amide bonds. The van der Waals surface area contributed by atoms with Crippen LogP contribution in [0, 0.1) is 24.7 Å². The van der Waals surface area contributed by atoms with Gasteiger partial charge in [-0.1, -0.05) is 30.3 Å². The lowest BCUT2D eigenvalue weighted by molar-refractivity contribution is -0.00721. The highest BCUT2D eigenvalue weighted by Gasteiger charge is 2.53. The van der Waals surface area contributed by atoms with Crippen molar-refractivity contribution in [2.75, 3.05) is 0 Å². The Morgan fingerprint density at radius 1 is 0.929 bits per heavy atom. The van der Waals surface area contributed by atoms with Gasteiger partial charge in [-0.15, -0.1) is 0 Å². The summed E-state index contributed by atoms with van der Waals surface area (Å²) in [4.78, 5) is 3.97. The second-order valence-electron chi connectivity index (χ2n) is 10.0. The van der Waals surface area contributed by atoms with Crippen LogP contribution in [-0.4, -0.2) is 10.1 Å². The van der Waals surface area contributed by atoms with Crippen molar-refractivity contribution >= 4 is 10.9 Å². The first kappa shape index (κ1) is 16.7. The lowest BCUT2D eigenvalue weighted by Gasteiger charge is -2.57. The molecule has 2 aromatic carbocycles. The van der Waals surface area contributed by atoms with Gasteiger partial charge in [0.15, 0.2) is 0 Å². The number of para-hydroxylation sites is 1. The molecule has 0 atom stereocenters. The van der Waals surface area contributed by atoms with Crippen LogP contribution in [0.5, 0.6) is 5.75 Å². The molecule has 4 aliphatic rings. The van der Waals surface area contributed by atoms with Crippen molar-refractivity contribution in [2.45, 2.75) is 57.3 Å². The number of aromatic nitrogens is 1. The number of aromatic hydroxyl groups is 1. The second kappa shape index (κ2) is 5.89. The van der Waals surface area contributed by atoms with E-state index in [2.05, 4.69) is 42.2 Å². The molecule has 144 valence electrons. The fourth-order valence-corrected chi connectivity index (χ4v) is 7.29. The average Bonchev–Trinajstić information content (AvgIpc) is 3.03. The summed E-state index contributed by atoms with van der Waals surface area (Å²) in [5, 5.41) is 11.1. The molecule has 3 aromatic rings. The zero-order valence-corrected chi connectivity index (χ0v) is 16.7. The maximum atomic E-state index is 9.69. The summed E-state index contributed by atoms with van der Waals surface area (Å²) in [6.07, 6.45) is 9.53. The summed E-state index contributed by atoms with van der Waals surface area (Å²) in [6.45, 7) is 2.23. The van der Waals surface area contributed by atoms with E-state index >= 15 is 0 Å². The number of rotatable bonds is 3. The number of aryl methyl sites for hydroxylation is 1. The number of benzene rings is 2. The number of hydrogen-bond acceptors (Lipinski definition) is 1. The predicted octanol–water partition coefficient (Wildman–Crippen LogP) is 6.24. The summed E-state index contributed by atoms with van der Waals surface area (Å²) in [5.74, 6) is 3.18. The standard InChI is InChI=1S/C26H29NO/c1-16-3-2-4-22-23(12-17-5-7-21(28)8-6-17)25(27-24(16)22)26-13-18-9-19(14-26)11-20(10-18)15-26/h2-8,18-20,27-28H,9-15H2,1H3. The van der Waals surface area contributed by atoms with Crippen LogP contribution in [-0.2, 0) is 11.8 Å². The van der Waals surface area contributed by atoms with Crippen LogP contribution < -0.4 is 0 Å². The Bertz CT molecular complexity index is 1010. The lowest BCUT2D eigenvalue weighted by atomic mass is 9.48. The van der Waals surface area contributed by atoms with Gasteiger partial charge >= 0.3 is 0 Å². The molecule has 7 rings (SSSR count). The Morgan fingerprint density at radius 2 is 1.57 bits per heavy atom. The smallest absolute Gasteiger partial charge is 0.115 e. The van der Waals surface area contributed by atoms with Crippen LogP contribution in [0.2, 0.25) is 0 Å². The molecule has 4 aliphatic carbocycles. The van der Waals surface area contributed by atoms with Gasteiger partial charge in [0, 0.05) is 22.0 Å². The zero-order valence-electron chi connectivity index (χ0n) is 16.7.